The van der Waals surface area contributed by atoms with Gasteiger partial charge in [0.15, 0.2) is 6.29 Å². The Kier molecular flexibility index (Phi) is 8.92. The molecule has 0 radical (unpaired) electrons. The second kappa shape index (κ2) is 14.2. The Balaban J connectivity index is 1.15. The van der Waals surface area contributed by atoms with Gasteiger partial charge < -0.3 is 9.47 Å². The highest BCUT2D eigenvalue weighted by Crippen LogP contribution is 2.26. The molecule has 6 aromatic rings. The van der Waals surface area contributed by atoms with Crippen molar-refractivity contribution in [1.82, 2.24) is 0 Å². The molecule has 0 amide bonds. The van der Waals surface area contributed by atoms with Crippen LogP contribution in [0.3, 0.4) is 0 Å². The van der Waals surface area contributed by atoms with E-state index in [0.717, 1.165) is 50.1 Å². The molecule has 2 nitrogen and oxygen atoms in total. The van der Waals surface area contributed by atoms with E-state index in [1.807, 2.05) is 109 Å². The lowest BCUT2D eigenvalue weighted by Gasteiger charge is -2.10. The molecule has 0 aromatic heterocycles. The molecule has 47 heavy (non-hydrogen) atoms. The Morgan fingerprint density at radius 1 is 0.362 bits per heavy atom. The van der Waals surface area contributed by atoms with Gasteiger partial charge in [-0.3, -0.25) is 0 Å². The summed E-state index contributed by atoms with van der Waals surface area (Å²) in [5, 5.41) is 2.38. The standard InChI is InChI=1S/C45H28O2/c1-2-12-36(35(11-1)23-21-34-22-24-41-17-7-8-19-43(41)33-34)25-26-37-13-3-4-14-38(37)27-28-39-15-5-6-16-40(39)29-30-42-18-9-10-20-44(42)45-46-31-32-47-45/h1-20,22,24,33,45H,31-32H2. The van der Waals surface area contributed by atoms with E-state index < -0.39 is 0 Å². The lowest BCUT2D eigenvalue weighted by Crippen LogP contribution is -2.00. The molecule has 0 N–H and O–H groups in total. The van der Waals surface area contributed by atoms with Gasteiger partial charge in [-0.2, -0.15) is 0 Å². The maximum absolute atomic E-state index is 5.72. The van der Waals surface area contributed by atoms with Gasteiger partial charge in [-0.25, -0.2) is 0 Å². The van der Waals surface area contributed by atoms with E-state index >= 15 is 0 Å². The first kappa shape index (κ1) is 29.5. The van der Waals surface area contributed by atoms with Crippen molar-refractivity contribution >= 4 is 10.8 Å². The van der Waals surface area contributed by atoms with Crippen LogP contribution in [0.4, 0.5) is 0 Å². The number of rotatable bonds is 1. The minimum absolute atomic E-state index is 0.378. The fourth-order valence-corrected chi connectivity index (χ4v) is 5.27. The zero-order valence-electron chi connectivity index (χ0n) is 25.6. The van der Waals surface area contributed by atoms with Crippen LogP contribution in [0.2, 0.25) is 0 Å². The van der Waals surface area contributed by atoms with E-state index in [4.69, 9.17) is 9.47 Å². The maximum atomic E-state index is 5.72. The van der Waals surface area contributed by atoms with Gasteiger partial charge in [0.25, 0.3) is 0 Å². The molecule has 2 heteroatoms. The third kappa shape index (κ3) is 7.19. The first-order chi connectivity index (χ1) is 23.3. The Morgan fingerprint density at radius 2 is 0.745 bits per heavy atom. The highest BCUT2D eigenvalue weighted by atomic mass is 16.7. The molecule has 0 atom stereocenters. The van der Waals surface area contributed by atoms with Gasteiger partial charge in [0, 0.05) is 50.1 Å². The topological polar surface area (TPSA) is 18.5 Å². The summed E-state index contributed by atoms with van der Waals surface area (Å²) in [7, 11) is 0. The van der Waals surface area contributed by atoms with Gasteiger partial charge in [0.2, 0.25) is 0 Å². The van der Waals surface area contributed by atoms with Crippen LogP contribution < -0.4 is 0 Å². The van der Waals surface area contributed by atoms with E-state index in [1.54, 1.807) is 0 Å². The van der Waals surface area contributed by atoms with Crippen molar-refractivity contribution in [3.63, 3.8) is 0 Å². The minimum atomic E-state index is -0.378. The lowest BCUT2D eigenvalue weighted by molar-refractivity contribution is -0.0442. The van der Waals surface area contributed by atoms with E-state index in [1.165, 1.54) is 10.8 Å². The maximum Gasteiger partial charge on any atom is 0.185 e. The molecule has 1 saturated heterocycles. The zero-order valence-corrected chi connectivity index (χ0v) is 25.6. The van der Waals surface area contributed by atoms with Crippen molar-refractivity contribution in [2.75, 3.05) is 13.2 Å². The molecule has 0 aliphatic carbocycles. The van der Waals surface area contributed by atoms with E-state index in [9.17, 15) is 0 Å². The monoisotopic (exact) mass is 600 g/mol. The summed E-state index contributed by atoms with van der Waals surface area (Å²) < 4.78 is 11.4. The first-order valence-electron chi connectivity index (χ1n) is 15.5. The molecule has 7 rings (SSSR count). The smallest absolute Gasteiger partial charge is 0.185 e. The molecule has 6 aromatic carbocycles. The van der Waals surface area contributed by atoms with E-state index in [0.29, 0.717) is 13.2 Å². The SMILES string of the molecule is C(#Cc1ccccc1C#Cc1ccccc1C#Cc1ccccc1C#Cc1ccccc1C1OCCO1)c1ccc2ccccc2c1. The van der Waals surface area contributed by atoms with Crippen molar-refractivity contribution < 1.29 is 9.47 Å². The van der Waals surface area contributed by atoms with E-state index in [-0.39, 0.29) is 6.29 Å². The third-order valence-electron chi connectivity index (χ3n) is 7.70. The van der Waals surface area contributed by atoms with Crippen molar-refractivity contribution in [3.8, 4) is 47.4 Å². The molecular weight excluding hydrogens is 572 g/mol. The third-order valence-corrected chi connectivity index (χ3v) is 7.70. The van der Waals surface area contributed by atoms with Gasteiger partial charge in [-0.05, 0) is 65.4 Å². The Bertz CT molecular complexity index is 2350. The van der Waals surface area contributed by atoms with Crippen molar-refractivity contribution in [2.24, 2.45) is 0 Å². The zero-order chi connectivity index (χ0) is 31.7. The van der Waals surface area contributed by atoms with Crippen LogP contribution in [0.5, 0.6) is 0 Å². The Morgan fingerprint density at radius 3 is 1.26 bits per heavy atom. The average molecular weight is 601 g/mol. The molecular formula is C45H28O2. The van der Waals surface area contributed by atoms with Crippen LogP contribution in [-0.4, -0.2) is 13.2 Å². The molecule has 1 aliphatic heterocycles. The molecule has 0 spiro atoms. The molecule has 0 bridgehead atoms. The number of ether oxygens (including phenoxy) is 2. The van der Waals surface area contributed by atoms with Gasteiger partial charge in [-0.1, -0.05) is 132 Å². The second-order valence-electron chi connectivity index (χ2n) is 10.9. The van der Waals surface area contributed by atoms with E-state index in [2.05, 4.69) is 77.7 Å². The van der Waals surface area contributed by atoms with Gasteiger partial charge in [-0.15, -0.1) is 0 Å². The number of hydrogen-bond acceptors (Lipinski definition) is 2. The van der Waals surface area contributed by atoms with Gasteiger partial charge in [0.05, 0.1) is 13.2 Å². The molecule has 0 saturated carbocycles. The summed E-state index contributed by atoms with van der Waals surface area (Å²) in [6, 6.07) is 46.4. The first-order valence-corrected chi connectivity index (χ1v) is 15.5. The van der Waals surface area contributed by atoms with Crippen LogP contribution in [-0.2, 0) is 9.47 Å². The fourth-order valence-electron chi connectivity index (χ4n) is 5.27. The summed E-state index contributed by atoms with van der Waals surface area (Å²) in [6.45, 7) is 1.17. The fraction of sp³-hybridized carbons (Fsp3) is 0.0667. The van der Waals surface area contributed by atoms with Crippen LogP contribution in [0.1, 0.15) is 56.4 Å². The summed E-state index contributed by atoms with van der Waals surface area (Å²) in [5.41, 5.74) is 7.95. The predicted octanol–water partition coefficient (Wildman–Crippen LogP) is 8.48. The summed E-state index contributed by atoms with van der Waals surface area (Å²) in [5.74, 6) is 26.7. The molecule has 1 heterocycles. The minimum Gasteiger partial charge on any atom is -0.346 e. The van der Waals surface area contributed by atoms with Crippen LogP contribution in [0.25, 0.3) is 10.8 Å². The van der Waals surface area contributed by atoms with Crippen molar-refractivity contribution in [2.45, 2.75) is 6.29 Å². The molecule has 0 unspecified atom stereocenters. The van der Waals surface area contributed by atoms with Crippen LogP contribution >= 0.6 is 0 Å². The summed E-state index contributed by atoms with van der Waals surface area (Å²) >= 11 is 0. The molecule has 220 valence electrons. The normalized spacial score (nSPS) is 12.0. The molecule has 1 fully saturated rings. The Hall–Kier alpha value is -6.26. The number of hydrogen-bond donors (Lipinski definition) is 0. The Labute approximate surface area is 276 Å². The average Bonchev–Trinajstić information content (AvgIpc) is 3.68. The number of fused-ring (bicyclic) bond motifs is 1. The number of benzene rings is 6. The van der Waals surface area contributed by atoms with Gasteiger partial charge in [0.1, 0.15) is 0 Å². The second-order valence-corrected chi connectivity index (χ2v) is 10.9. The quantitative estimate of drug-likeness (QED) is 0.176. The largest absolute Gasteiger partial charge is 0.346 e. The molecule has 1 aliphatic rings. The summed E-state index contributed by atoms with van der Waals surface area (Å²) in [6.07, 6.45) is -0.378. The van der Waals surface area contributed by atoms with Crippen LogP contribution in [0.15, 0.2) is 140 Å². The highest BCUT2D eigenvalue weighted by Gasteiger charge is 2.20. The van der Waals surface area contributed by atoms with Crippen molar-refractivity contribution in [3.05, 3.63) is 190 Å². The lowest BCUT2D eigenvalue weighted by atomic mass is 10.0. The highest BCUT2D eigenvalue weighted by molar-refractivity contribution is 5.83. The summed E-state index contributed by atoms with van der Waals surface area (Å²) in [4.78, 5) is 0. The van der Waals surface area contributed by atoms with Gasteiger partial charge >= 0.3 is 0 Å². The predicted molar refractivity (Wildman–Crippen MR) is 188 cm³/mol. The van der Waals surface area contributed by atoms with Crippen LogP contribution in [0, 0.1) is 47.4 Å². The van der Waals surface area contributed by atoms with Crippen molar-refractivity contribution in [1.29, 1.82) is 0 Å².